The van der Waals surface area contributed by atoms with Gasteiger partial charge < -0.3 is 45.4 Å². The minimum absolute atomic E-state index is 0.253. The van der Waals surface area contributed by atoms with Crippen LogP contribution in [-0.4, -0.2) is 98.7 Å². The highest BCUT2D eigenvalue weighted by molar-refractivity contribution is 5.76. The number of hydrogen-bond donors (Lipinski definition) is 7. The summed E-state index contributed by atoms with van der Waals surface area (Å²) in [5.41, 5.74) is 0. The van der Waals surface area contributed by atoms with E-state index in [1.165, 1.54) is 180 Å². The molecule has 1 saturated heterocycles. The quantitative estimate of drug-likeness (QED) is 0.0296. The second-order valence-electron chi connectivity index (χ2n) is 18.1. The van der Waals surface area contributed by atoms with Crippen molar-refractivity contribution >= 4 is 5.91 Å². The molecule has 1 amide bonds. The second kappa shape index (κ2) is 40.0. The van der Waals surface area contributed by atoms with Crippen molar-refractivity contribution in [2.24, 2.45) is 0 Å². The number of rotatable bonds is 43. The molecule has 10 nitrogen and oxygen atoms in total. The third kappa shape index (κ3) is 30.0. The van der Waals surface area contributed by atoms with Gasteiger partial charge in [0.05, 0.1) is 25.4 Å². The van der Waals surface area contributed by atoms with E-state index in [4.69, 9.17) is 9.47 Å². The molecule has 352 valence electrons. The SMILES string of the molecule is CCCCCCCCCCCCCCCCCCCCCCCCC(=O)N[C@H](CO[C@@H]1O[C@H](CO)[C@@H](O)[C@H](O)[C@H]1O)[C@H](O)[C@H](O)CCCCCCCCCCCCCC. The molecule has 1 rings (SSSR count). The third-order valence-corrected chi connectivity index (χ3v) is 12.6. The van der Waals surface area contributed by atoms with Crippen molar-refractivity contribution in [1.82, 2.24) is 5.32 Å². The average Bonchev–Trinajstić information content (AvgIpc) is 3.23. The number of amides is 1. The molecule has 59 heavy (non-hydrogen) atoms. The fourth-order valence-corrected chi connectivity index (χ4v) is 8.44. The van der Waals surface area contributed by atoms with E-state index in [9.17, 15) is 35.4 Å². The van der Waals surface area contributed by atoms with Crippen LogP contribution in [0.4, 0.5) is 0 Å². The molecular formula is C49H97NO9. The summed E-state index contributed by atoms with van der Waals surface area (Å²) < 4.78 is 11.2. The molecule has 1 aliphatic rings. The lowest BCUT2D eigenvalue weighted by atomic mass is 9.98. The van der Waals surface area contributed by atoms with Crippen molar-refractivity contribution in [1.29, 1.82) is 0 Å². The van der Waals surface area contributed by atoms with Crippen molar-refractivity contribution in [2.75, 3.05) is 13.2 Å². The van der Waals surface area contributed by atoms with Gasteiger partial charge in [0.1, 0.15) is 30.5 Å². The summed E-state index contributed by atoms with van der Waals surface area (Å²) in [6, 6.07) is -0.984. The second-order valence-corrected chi connectivity index (χ2v) is 18.1. The van der Waals surface area contributed by atoms with Crippen LogP contribution in [0, 0.1) is 0 Å². The summed E-state index contributed by atoms with van der Waals surface area (Å²) in [7, 11) is 0. The maximum absolute atomic E-state index is 13.0. The van der Waals surface area contributed by atoms with E-state index < -0.39 is 55.6 Å². The lowest BCUT2D eigenvalue weighted by molar-refractivity contribution is -0.303. The number of hydrogen-bond acceptors (Lipinski definition) is 9. The van der Waals surface area contributed by atoms with Gasteiger partial charge in [-0.15, -0.1) is 0 Å². The number of aliphatic hydroxyl groups excluding tert-OH is 6. The highest BCUT2D eigenvalue weighted by Crippen LogP contribution is 2.23. The molecule has 8 atom stereocenters. The van der Waals surface area contributed by atoms with Crippen LogP contribution in [0.5, 0.6) is 0 Å². The first-order valence-corrected chi connectivity index (χ1v) is 25.3. The highest BCUT2D eigenvalue weighted by atomic mass is 16.7. The Hall–Kier alpha value is -0.850. The number of ether oxygens (including phenoxy) is 2. The van der Waals surface area contributed by atoms with E-state index in [-0.39, 0.29) is 18.9 Å². The molecule has 7 N–H and O–H groups in total. The molecule has 1 aliphatic heterocycles. The predicted octanol–water partition coefficient (Wildman–Crippen LogP) is 10.1. The minimum atomic E-state index is -1.60. The van der Waals surface area contributed by atoms with Crippen LogP contribution in [0.2, 0.25) is 0 Å². The molecule has 0 aliphatic carbocycles. The average molecular weight is 844 g/mol. The maximum atomic E-state index is 13.0. The Morgan fingerprint density at radius 3 is 1.25 bits per heavy atom. The van der Waals surface area contributed by atoms with Gasteiger partial charge in [-0.25, -0.2) is 0 Å². The molecule has 0 aromatic rings. The minimum Gasteiger partial charge on any atom is -0.394 e. The summed E-state index contributed by atoms with van der Waals surface area (Å²) in [4.78, 5) is 13.0. The normalized spacial score (nSPS) is 21.1. The number of aliphatic hydroxyl groups is 6. The zero-order chi connectivity index (χ0) is 43.2. The van der Waals surface area contributed by atoms with E-state index in [2.05, 4.69) is 19.2 Å². The Kier molecular flexibility index (Phi) is 38.0. The predicted molar refractivity (Wildman–Crippen MR) is 241 cm³/mol. The van der Waals surface area contributed by atoms with Crippen molar-refractivity contribution in [3.8, 4) is 0 Å². The maximum Gasteiger partial charge on any atom is 0.220 e. The van der Waals surface area contributed by atoms with Crippen LogP contribution in [0.1, 0.15) is 245 Å². The monoisotopic (exact) mass is 844 g/mol. The largest absolute Gasteiger partial charge is 0.394 e. The molecule has 0 unspecified atom stereocenters. The first-order valence-electron chi connectivity index (χ1n) is 25.3. The fraction of sp³-hybridized carbons (Fsp3) is 0.980. The van der Waals surface area contributed by atoms with Gasteiger partial charge in [0.15, 0.2) is 6.29 Å². The Bertz CT molecular complexity index is 911. The van der Waals surface area contributed by atoms with E-state index in [1.54, 1.807) is 0 Å². The van der Waals surface area contributed by atoms with Crippen LogP contribution < -0.4 is 5.32 Å². The van der Waals surface area contributed by atoms with Crippen LogP contribution in [-0.2, 0) is 14.3 Å². The summed E-state index contributed by atoms with van der Waals surface area (Å²) >= 11 is 0. The Labute approximate surface area is 362 Å². The molecule has 0 spiro atoms. The number of carbonyl (C=O) groups is 1. The van der Waals surface area contributed by atoms with Crippen molar-refractivity contribution in [3.63, 3.8) is 0 Å². The molecule has 0 radical (unpaired) electrons. The van der Waals surface area contributed by atoms with Crippen LogP contribution in [0.3, 0.4) is 0 Å². The third-order valence-electron chi connectivity index (χ3n) is 12.6. The van der Waals surface area contributed by atoms with Crippen molar-refractivity contribution in [3.05, 3.63) is 0 Å². The van der Waals surface area contributed by atoms with E-state index in [1.807, 2.05) is 0 Å². The molecular weight excluding hydrogens is 747 g/mol. The van der Waals surface area contributed by atoms with Gasteiger partial charge in [0.25, 0.3) is 0 Å². The van der Waals surface area contributed by atoms with E-state index in [0.29, 0.717) is 6.42 Å². The van der Waals surface area contributed by atoms with Gasteiger partial charge in [0.2, 0.25) is 5.91 Å². The molecule has 1 fully saturated rings. The van der Waals surface area contributed by atoms with Gasteiger partial charge in [0, 0.05) is 6.42 Å². The summed E-state index contributed by atoms with van der Waals surface area (Å²) in [6.45, 7) is 3.63. The van der Waals surface area contributed by atoms with E-state index >= 15 is 0 Å². The van der Waals surface area contributed by atoms with Gasteiger partial charge in [-0.05, 0) is 12.8 Å². The van der Waals surface area contributed by atoms with Crippen LogP contribution in [0.25, 0.3) is 0 Å². The molecule has 0 bridgehead atoms. The van der Waals surface area contributed by atoms with Crippen LogP contribution >= 0.6 is 0 Å². The Morgan fingerprint density at radius 2 is 0.881 bits per heavy atom. The Balaban J connectivity index is 2.28. The molecule has 0 aromatic heterocycles. The summed E-state index contributed by atoms with van der Waals surface area (Å²) in [6.07, 6.45) is 34.0. The molecule has 0 aromatic carbocycles. The smallest absolute Gasteiger partial charge is 0.220 e. The number of unbranched alkanes of at least 4 members (excludes halogenated alkanes) is 32. The molecule has 10 heteroatoms. The van der Waals surface area contributed by atoms with Gasteiger partial charge in [-0.1, -0.05) is 226 Å². The highest BCUT2D eigenvalue weighted by Gasteiger charge is 2.44. The first-order chi connectivity index (χ1) is 28.8. The zero-order valence-corrected chi connectivity index (χ0v) is 38.4. The fourth-order valence-electron chi connectivity index (χ4n) is 8.44. The van der Waals surface area contributed by atoms with Crippen molar-refractivity contribution in [2.45, 2.75) is 294 Å². The standard InChI is InChI=1S/C49H97NO9/c1-3-5-7-9-11-13-15-17-18-19-20-21-22-23-24-25-26-28-30-32-34-36-38-44(53)50-41(40-58-49-48(57)47(56)46(55)43(39-51)59-49)45(54)42(52)37-35-33-31-29-27-16-14-12-10-8-6-4-2/h41-43,45-49,51-52,54-57H,3-40H2,1-2H3,(H,50,53)/t41-,42-,43-,45+,46-,47+,48-,49-/m1/s1. The van der Waals surface area contributed by atoms with Crippen LogP contribution in [0.15, 0.2) is 0 Å². The molecule has 0 saturated carbocycles. The number of carbonyl (C=O) groups excluding carboxylic acids is 1. The Morgan fingerprint density at radius 1 is 0.525 bits per heavy atom. The first kappa shape index (κ1) is 56.2. The van der Waals surface area contributed by atoms with Gasteiger partial charge in [-0.2, -0.15) is 0 Å². The lowest BCUT2D eigenvalue weighted by Gasteiger charge is -2.40. The summed E-state index contributed by atoms with van der Waals surface area (Å²) in [5.74, 6) is -0.253. The number of nitrogens with one attached hydrogen (secondary N) is 1. The van der Waals surface area contributed by atoms with Gasteiger partial charge in [-0.3, -0.25) is 4.79 Å². The topological polar surface area (TPSA) is 169 Å². The van der Waals surface area contributed by atoms with E-state index in [0.717, 1.165) is 38.5 Å². The summed E-state index contributed by atoms with van der Waals surface area (Å²) in [5, 5.41) is 65.2. The zero-order valence-electron chi connectivity index (χ0n) is 38.4. The van der Waals surface area contributed by atoms with Gasteiger partial charge >= 0.3 is 0 Å². The molecule has 1 heterocycles. The lowest BCUT2D eigenvalue weighted by Crippen LogP contribution is -2.60. The van der Waals surface area contributed by atoms with Crippen molar-refractivity contribution < 1.29 is 44.9 Å².